The van der Waals surface area contributed by atoms with Gasteiger partial charge in [-0.1, -0.05) is 0 Å². The molecular formula is C13H18N2O6. The van der Waals surface area contributed by atoms with Crippen LogP contribution in [0.4, 0.5) is 4.79 Å². The summed E-state index contributed by atoms with van der Waals surface area (Å²) in [6.45, 7) is 5.24. The first-order valence-corrected chi connectivity index (χ1v) is 6.29. The maximum Gasteiger partial charge on any atom is 0.326 e. The topological polar surface area (TPSA) is 129 Å². The zero-order valence-corrected chi connectivity index (χ0v) is 12.0. The lowest BCUT2D eigenvalue weighted by molar-refractivity contribution is -0.145. The van der Waals surface area contributed by atoms with Crippen molar-refractivity contribution in [2.45, 2.75) is 39.3 Å². The Balaban J connectivity index is 2.65. The first kappa shape index (κ1) is 16.5. The van der Waals surface area contributed by atoms with Gasteiger partial charge in [0.25, 0.3) is 0 Å². The van der Waals surface area contributed by atoms with Crippen molar-refractivity contribution in [2.24, 2.45) is 0 Å². The highest BCUT2D eigenvalue weighted by Crippen LogP contribution is 2.20. The second kappa shape index (κ2) is 6.78. The van der Waals surface area contributed by atoms with E-state index in [4.69, 9.17) is 14.6 Å². The molecule has 0 aromatic carbocycles. The van der Waals surface area contributed by atoms with Gasteiger partial charge in [-0.15, -0.1) is 0 Å². The molecule has 0 aliphatic rings. The number of furan rings is 1. The zero-order valence-electron chi connectivity index (χ0n) is 12.0. The molecule has 0 spiro atoms. The second-order valence-corrected chi connectivity index (χ2v) is 4.70. The van der Waals surface area contributed by atoms with E-state index < -0.39 is 36.5 Å². The van der Waals surface area contributed by atoms with Crippen molar-refractivity contribution in [1.29, 1.82) is 0 Å². The third kappa shape index (κ3) is 4.83. The minimum atomic E-state index is -1.48. The molecule has 0 aliphatic heterocycles. The SMILES string of the molecule is Cc1cc(C(C)NC(=O)N[C@H](CC(=O)O)C(=O)O)c(C)o1. The first-order valence-electron chi connectivity index (χ1n) is 6.29. The van der Waals surface area contributed by atoms with Gasteiger partial charge in [0.05, 0.1) is 12.5 Å². The summed E-state index contributed by atoms with van der Waals surface area (Å²) in [6, 6.07) is -0.871. The summed E-state index contributed by atoms with van der Waals surface area (Å²) in [5.74, 6) is -1.36. The highest BCUT2D eigenvalue weighted by molar-refractivity contribution is 5.86. The van der Waals surface area contributed by atoms with Gasteiger partial charge in [0.2, 0.25) is 0 Å². The number of aryl methyl sites for hydroxylation is 2. The van der Waals surface area contributed by atoms with Crippen LogP contribution in [0.3, 0.4) is 0 Å². The lowest BCUT2D eigenvalue weighted by Crippen LogP contribution is -2.47. The van der Waals surface area contributed by atoms with Crippen LogP contribution in [0.1, 0.15) is 36.5 Å². The van der Waals surface area contributed by atoms with E-state index in [9.17, 15) is 14.4 Å². The molecule has 1 unspecified atom stereocenters. The van der Waals surface area contributed by atoms with Crippen LogP contribution in [-0.4, -0.2) is 34.2 Å². The van der Waals surface area contributed by atoms with Crippen LogP contribution in [0.15, 0.2) is 10.5 Å². The van der Waals surface area contributed by atoms with Crippen molar-refractivity contribution in [1.82, 2.24) is 10.6 Å². The van der Waals surface area contributed by atoms with Crippen molar-refractivity contribution in [3.05, 3.63) is 23.2 Å². The molecule has 2 amide bonds. The lowest BCUT2D eigenvalue weighted by Gasteiger charge is -2.17. The Kier molecular flexibility index (Phi) is 5.34. The molecule has 0 radical (unpaired) electrons. The van der Waals surface area contributed by atoms with Crippen molar-refractivity contribution < 1.29 is 29.0 Å². The maximum absolute atomic E-state index is 11.7. The molecule has 4 N–H and O–H groups in total. The number of hydrogen-bond donors (Lipinski definition) is 4. The Morgan fingerprint density at radius 1 is 1.24 bits per heavy atom. The summed E-state index contributed by atoms with van der Waals surface area (Å²) in [7, 11) is 0. The molecule has 8 nitrogen and oxygen atoms in total. The van der Waals surface area contributed by atoms with E-state index in [1.807, 2.05) is 0 Å². The fourth-order valence-electron chi connectivity index (χ4n) is 1.93. The van der Waals surface area contributed by atoms with E-state index in [1.165, 1.54) is 0 Å². The molecule has 8 heteroatoms. The number of urea groups is 1. The van der Waals surface area contributed by atoms with Crippen LogP contribution in [0.5, 0.6) is 0 Å². The highest BCUT2D eigenvalue weighted by Gasteiger charge is 2.24. The Hall–Kier alpha value is -2.51. The van der Waals surface area contributed by atoms with E-state index in [1.54, 1.807) is 26.8 Å². The minimum absolute atomic E-state index is 0.401. The fraction of sp³-hybridized carbons (Fsp3) is 0.462. The van der Waals surface area contributed by atoms with Crippen molar-refractivity contribution in [3.63, 3.8) is 0 Å². The van der Waals surface area contributed by atoms with Gasteiger partial charge in [-0.2, -0.15) is 0 Å². The molecule has 1 rings (SSSR count). The number of carbonyl (C=O) groups excluding carboxylic acids is 1. The summed E-state index contributed by atoms with van der Waals surface area (Å²) in [6.07, 6.45) is -0.693. The summed E-state index contributed by atoms with van der Waals surface area (Å²) >= 11 is 0. The van der Waals surface area contributed by atoms with E-state index in [0.29, 0.717) is 11.5 Å². The monoisotopic (exact) mass is 298 g/mol. The number of carbonyl (C=O) groups is 3. The highest BCUT2D eigenvalue weighted by atomic mass is 16.4. The maximum atomic E-state index is 11.7. The van der Waals surface area contributed by atoms with Crippen LogP contribution in [0, 0.1) is 13.8 Å². The number of hydrogen-bond acceptors (Lipinski definition) is 4. The average Bonchev–Trinajstić information content (AvgIpc) is 2.66. The number of rotatable bonds is 6. The Morgan fingerprint density at radius 3 is 2.29 bits per heavy atom. The van der Waals surface area contributed by atoms with Gasteiger partial charge in [0, 0.05) is 5.56 Å². The third-order valence-electron chi connectivity index (χ3n) is 2.88. The van der Waals surface area contributed by atoms with E-state index in [0.717, 1.165) is 5.56 Å². The van der Waals surface area contributed by atoms with E-state index >= 15 is 0 Å². The first-order chi connectivity index (χ1) is 9.70. The number of carboxylic acid groups (broad SMARTS) is 2. The minimum Gasteiger partial charge on any atom is -0.481 e. The number of amides is 2. The second-order valence-electron chi connectivity index (χ2n) is 4.70. The van der Waals surface area contributed by atoms with Gasteiger partial charge in [-0.05, 0) is 26.8 Å². The molecule has 2 atom stereocenters. The molecule has 0 saturated heterocycles. The standard InChI is InChI=1S/C13H18N2O6/c1-6-4-9(8(3)21-6)7(2)14-13(20)15-10(12(18)19)5-11(16)17/h4,7,10H,5H2,1-3H3,(H,16,17)(H,18,19)(H2,14,15,20)/t7?,10-/m1/s1. The van der Waals surface area contributed by atoms with Crippen molar-refractivity contribution >= 4 is 18.0 Å². The van der Waals surface area contributed by atoms with Gasteiger partial charge in [-0.25, -0.2) is 9.59 Å². The van der Waals surface area contributed by atoms with Crippen molar-refractivity contribution in [3.8, 4) is 0 Å². The van der Waals surface area contributed by atoms with E-state index in [-0.39, 0.29) is 0 Å². The molecule has 21 heavy (non-hydrogen) atoms. The molecule has 0 saturated carbocycles. The number of aliphatic carboxylic acids is 2. The largest absolute Gasteiger partial charge is 0.481 e. The predicted octanol–water partition coefficient (Wildman–Crippen LogP) is 1.18. The summed E-state index contributed by atoms with van der Waals surface area (Å²) in [4.78, 5) is 33.1. The van der Waals surface area contributed by atoms with Gasteiger partial charge in [0.15, 0.2) is 0 Å². The van der Waals surface area contributed by atoms with Gasteiger partial charge < -0.3 is 25.3 Å². The van der Waals surface area contributed by atoms with Crippen LogP contribution in [0.25, 0.3) is 0 Å². The molecule has 116 valence electrons. The molecule has 0 aliphatic carbocycles. The number of nitrogens with one attached hydrogen (secondary N) is 2. The molecule has 0 fully saturated rings. The quantitative estimate of drug-likeness (QED) is 0.624. The zero-order chi connectivity index (χ0) is 16.2. The molecule has 1 aromatic rings. The lowest BCUT2D eigenvalue weighted by atomic mass is 10.1. The van der Waals surface area contributed by atoms with E-state index in [2.05, 4.69) is 10.6 Å². The Bertz CT molecular complexity index is 551. The molecule has 1 heterocycles. The van der Waals surface area contributed by atoms with Crippen LogP contribution in [0.2, 0.25) is 0 Å². The third-order valence-corrected chi connectivity index (χ3v) is 2.88. The molecule has 0 bridgehead atoms. The Morgan fingerprint density at radius 2 is 1.86 bits per heavy atom. The predicted molar refractivity (Wildman–Crippen MR) is 71.9 cm³/mol. The van der Waals surface area contributed by atoms with Crippen LogP contribution >= 0.6 is 0 Å². The van der Waals surface area contributed by atoms with Crippen LogP contribution < -0.4 is 10.6 Å². The Labute approximate surface area is 121 Å². The normalized spacial score (nSPS) is 13.3. The van der Waals surface area contributed by atoms with Gasteiger partial charge in [0.1, 0.15) is 17.6 Å². The van der Waals surface area contributed by atoms with Gasteiger partial charge >= 0.3 is 18.0 Å². The molecular weight excluding hydrogens is 280 g/mol. The number of carboxylic acids is 2. The average molecular weight is 298 g/mol. The van der Waals surface area contributed by atoms with Crippen LogP contribution in [-0.2, 0) is 9.59 Å². The smallest absolute Gasteiger partial charge is 0.326 e. The summed E-state index contributed by atoms with van der Waals surface area (Å²) in [5.41, 5.74) is 0.771. The summed E-state index contributed by atoms with van der Waals surface area (Å²) < 4.78 is 5.35. The fourth-order valence-corrected chi connectivity index (χ4v) is 1.93. The summed E-state index contributed by atoms with van der Waals surface area (Å²) in [5, 5.41) is 22.1. The molecule has 1 aromatic heterocycles. The van der Waals surface area contributed by atoms with Gasteiger partial charge in [-0.3, -0.25) is 4.79 Å². The van der Waals surface area contributed by atoms with Crippen molar-refractivity contribution in [2.75, 3.05) is 0 Å².